The molecule has 0 saturated carbocycles. The Bertz CT molecular complexity index is 583. The van der Waals surface area contributed by atoms with E-state index in [4.69, 9.17) is 10.5 Å². The first-order chi connectivity index (χ1) is 8.58. The van der Waals surface area contributed by atoms with Gasteiger partial charge < -0.3 is 15.0 Å². The molecule has 2 rings (SSSR count). The van der Waals surface area contributed by atoms with Crippen LogP contribution in [-0.2, 0) is 13.6 Å². The van der Waals surface area contributed by atoms with Crippen molar-refractivity contribution in [2.75, 3.05) is 7.11 Å². The Labute approximate surface area is 113 Å². The number of nitrogens with two attached hydrogens (primary N) is 1. The first-order valence-electron chi connectivity index (χ1n) is 5.33. The van der Waals surface area contributed by atoms with Crippen LogP contribution in [0.2, 0.25) is 0 Å². The Balaban J connectivity index is 2.52. The minimum Gasteiger partial charge on any atom is -0.494 e. The molecule has 0 atom stereocenters. The molecule has 0 aliphatic heterocycles. The molecule has 1 aromatic heterocycles. The largest absolute Gasteiger partial charge is 0.494 e. The maximum absolute atomic E-state index is 13.7. The molecule has 96 valence electrons. The van der Waals surface area contributed by atoms with E-state index in [1.807, 2.05) is 11.6 Å². The van der Waals surface area contributed by atoms with Crippen molar-refractivity contribution >= 4 is 15.9 Å². The Morgan fingerprint density at radius 3 is 2.72 bits per heavy atom. The van der Waals surface area contributed by atoms with Crippen molar-refractivity contribution in [3.05, 3.63) is 34.3 Å². The molecule has 4 nitrogen and oxygen atoms in total. The number of nitrogens with zero attached hydrogens (tertiary/aromatic N) is 2. The third-order valence-corrected chi connectivity index (χ3v) is 3.40. The van der Waals surface area contributed by atoms with Gasteiger partial charge in [-0.1, -0.05) is 0 Å². The number of hydrogen-bond donors (Lipinski definition) is 1. The van der Waals surface area contributed by atoms with E-state index in [9.17, 15) is 4.39 Å². The normalized spacial score (nSPS) is 10.7. The lowest BCUT2D eigenvalue weighted by atomic mass is 10.2. The molecule has 1 heterocycles. The van der Waals surface area contributed by atoms with Crippen LogP contribution in [0.1, 0.15) is 5.69 Å². The molecule has 0 radical (unpaired) electrons. The molecule has 0 fully saturated rings. The highest BCUT2D eigenvalue weighted by atomic mass is 79.9. The van der Waals surface area contributed by atoms with Crippen molar-refractivity contribution in [3.8, 4) is 17.1 Å². The summed E-state index contributed by atoms with van der Waals surface area (Å²) in [4.78, 5) is 4.34. The summed E-state index contributed by atoms with van der Waals surface area (Å²) < 4.78 is 21.1. The minimum absolute atomic E-state index is 0.214. The number of benzene rings is 1. The molecule has 2 N–H and O–H groups in total. The summed E-state index contributed by atoms with van der Waals surface area (Å²) in [6.45, 7) is 0.364. The van der Waals surface area contributed by atoms with Crippen LogP contribution in [0.3, 0.4) is 0 Å². The number of rotatable bonds is 3. The predicted molar refractivity (Wildman–Crippen MR) is 70.7 cm³/mol. The summed E-state index contributed by atoms with van der Waals surface area (Å²) in [6, 6.07) is 4.74. The molecule has 0 bridgehead atoms. The second kappa shape index (κ2) is 5.07. The maximum Gasteiger partial charge on any atom is 0.165 e. The SMILES string of the molecule is COc1ccc(-c2nc(Br)c(CN)n2C)cc1F. The van der Waals surface area contributed by atoms with E-state index in [0.717, 1.165) is 5.69 Å². The van der Waals surface area contributed by atoms with Crippen LogP contribution in [-0.4, -0.2) is 16.7 Å². The quantitative estimate of drug-likeness (QED) is 0.947. The van der Waals surface area contributed by atoms with Gasteiger partial charge in [0.15, 0.2) is 11.6 Å². The molecule has 0 aliphatic rings. The van der Waals surface area contributed by atoms with Crippen molar-refractivity contribution in [2.24, 2.45) is 12.8 Å². The molecule has 0 spiro atoms. The number of halogens is 2. The topological polar surface area (TPSA) is 53.1 Å². The molecule has 18 heavy (non-hydrogen) atoms. The number of hydrogen-bond acceptors (Lipinski definition) is 3. The number of imidazole rings is 1. The van der Waals surface area contributed by atoms with E-state index >= 15 is 0 Å². The highest BCUT2D eigenvalue weighted by molar-refractivity contribution is 9.10. The fourth-order valence-corrected chi connectivity index (χ4v) is 2.38. The van der Waals surface area contributed by atoms with Gasteiger partial charge in [-0.15, -0.1) is 0 Å². The molecule has 1 aromatic carbocycles. The van der Waals surface area contributed by atoms with Gasteiger partial charge in [0.2, 0.25) is 0 Å². The van der Waals surface area contributed by atoms with Gasteiger partial charge in [-0.2, -0.15) is 0 Å². The monoisotopic (exact) mass is 313 g/mol. The second-order valence-electron chi connectivity index (χ2n) is 3.79. The molecule has 0 unspecified atom stereocenters. The Morgan fingerprint density at radius 1 is 1.50 bits per heavy atom. The third-order valence-electron chi connectivity index (χ3n) is 2.77. The Morgan fingerprint density at radius 2 is 2.22 bits per heavy atom. The fourth-order valence-electron chi connectivity index (χ4n) is 1.78. The molecule has 2 aromatic rings. The van der Waals surface area contributed by atoms with Crippen molar-refractivity contribution in [2.45, 2.75) is 6.54 Å². The Kier molecular flexibility index (Phi) is 3.68. The first-order valence-corrected chi connectivity index (χ1v) is 6.12. The second-order valence-corrected chi connectivity index (χ2v) is 4.54. The average Bonchev–Trinajstić information content (AvgIpc) is 2.64. The fraction of sp³-hybridized carbons (Fsp3) is 0.250. The van der Waals surface area contributed by atoms with Gasteiger partial charge in [-0.05, 0) is 34.1 Å². The standard InChI is InChI=1S/C12H13BrFN3O/c1-17-9(6-15)11(13)16-12(17)7-3-4-10(18-2)8(14)5-7/h3-5H,6,15H2,1-2H3. The van der Waals surface area contributed by atoms with Gasteiger partial charge in [-0.3, -0.25) is 0 Å². The van der Waals surface area contributed by atoms with E-state index in [1.165, 1.54) is 13.2 Å². The van der Waals surface area contributed by atoms with Gasteiger partial charge in [0.05, 0.1) is 12.8 Å². The smallest absolute Gasteiger partial charge is 0.165 e. The van der Waals surface area contributed by atoms with Crippen LogP contribution in [0, 0.1) is 5.82 Å². The summed E-state index contributed by atoms with van der Waals surface area (Å²) in [5.74, 6) is 0.457. The van der Waals surface area contributed by atoms with Gasteiger partial charge in [0.1, 0.15) is 10.4 Å². The van der Waals surface area contributed by atoms with E-state index in [0.29, 0.717) is 22.5 Å². The van der Waals surface area contributed by atoms with Crippen molar-refractivity contribution in [1.82, 2.24) is 9.55 Å². The molecular formula is C12H13BrFN3O. The highest BCUT2D eigenvalue weighted by Crippen LogP contribution is 2.27. The lowest BCUT2D eigenvalue weighted by molar-refractivity contribution is 0.386. The zero-order chi connectivity index (χ0) is 13.3. The van der Waals surface area contributed by atoms with Gasteiger partial charge in [0.25, 0.3) is 0 Å². The van der Waals surface area contributed by atoms with Crippen LogP contribution in [0.15, 0.2) is 22.8 Å². The van der Waals surface area contributed by atoms with E-state index in [2.05, 4.69) is 20.9 Å². The predicted octanol–water partition coefficient (Wildman–Crippen LogP) is 2.46. The average molecular weight is 314 g/mol. The van der Waals surface area contributed by atoms with Crippen LogP contribution >= 0.6 is 15.9 Å². The van der Waals surface area contributed by atoms with Gasteiger partial charge in [0, 0.05) is 19.2 Å². The molecule has 0 aliphatic carbocycles. The van der Waals surface area contributed by atoms with Gasteiger partial charge in [-0.25, -0.2) is 9.37 Å². The molecule has 0 amide bonds. The lowest BCUT2D eigenvalue weighted by Gasteiger charge is -2.06. The van der Waals surface area contributed by atoms with Crippen molar-refractivity contribution in [3.63, 3.8) is 0 Å². The lowest BCUT2D eigenvalue weighted by Crippen LogP contribution is -2.04. The first kappa shape index (κ1) is 13.0. The van der Waals surface area contributed by atoms with Crippen LogP contribution < -0.4 is 10.5 Å². The summed E-state index contributed by atoms with van der Waals surface area (Å²) in [5, 5.41) is 0. The maximum atomic E-state index is 13.7. The summed E-state index contributed by atoms with van der Waals surface area (Å²) in [6.07, 6.45) is 0. The summed E-state index contributed by atoms with van der Waals surface area (Å²) in [7, 11) is 3.28. The molecular weight excluding hydrogens is 301 g/mol. The molecule has 6 heteroatoms. The summed E-state index contributed by atoms with van der Waals surface area (Å²) in [5.41, 5.74) is 7.17. The zero-order valence-corrected chi connectivity index (χ0v) is 11.7. The number of ether oxygens (including phenoxy) is 1. The van der Waals surface area contributed by atoms with Crippen molar-refractivity contribution < 1.29 is 9.13 Å². The third kappa shape index (κ3) is 2.13. The van der Waals surface area contributed by atoms with E-state index in [1.54, 1.807) is 12.1 Å². The van der Waals surface area contributed by atoms with Crippen LogP contribution in [0.4, 0.5) is 4.39 Å². The Hall–Kier alpha value is -1.40. The van der Waals surface area contributed by atoms with E-state index in [-0.39, 0.29) is 5.75 Å². The zero-order valence-electron chi connectivity index (χ0n) is 10.1. The number of methoxy groups -OCH3 is 1. The molecule has 0 saturated heterocycles. The summed E-state index contributed by atoms with van der Waals surface area (Å²) >= 11 is 3.34. The highest BCUT2D eigenvalue weighted by Gasteiger charge is 2.14. The van der Waals surface area contributed by atoms with Crippen LogP contribution in [0.25, 0.3) is 11.4 Å². The van der Waals surface area contributed by atoms with Crippen molar-refractivity contribution in [1.29, 1.82) is 0 Å². The van der Waals surface area contributed by atoms with E-state index < -0.39 is 5.82 Å². The van der Waals surface area contributed by atoms with Crippen LogP contribution in [0.5, 0.6) is 5.75 Å². The van der Waals surface area contributed by atoms with Gasteiger partial charge >= 0.3 is 0 Å². The number of aromatic nitrogens is 2. The minimum atomic E-state index is -0.413.